The van der Waals surface area contributed by atoms with E-state index < -0.39 is 20.4 Å². The summed E-state index contributed by atoms with van der Waals surface area (Å²) < 4.78 is 2.54. The van der Waals surface area contributed by atoms with Gasteiger partial charge in [-0.15, -0.1) is 0 Å². The minimum absolute atomic E-state index is 0.490. The predicted octanol–water partition coefficient (Wildman–Crippen LogP) is 1.05. The van der Waals surface area contributed by atoms with Crippen molar-refractivity contribution >= 4 is 28.4 Å². The van der Waals surface area contributed by atoms with Crippen LogP contribution < -0.4 is 0 Å². The first-order valence-electron chi connectivity index (χ1n) is 3.26. The summed E-state index contributed by atoms with van der Waals surface area (Å²) in [7, 11) is 1.26. The standard InChI is InChI=1S/C6H20BNS2/c1-9(2,3)8(7)10(4,5)6/h7H2,1-6H3. The molecule has 0 aromatic heterocycles. The lowest BCUT2D eigenvalue weighted by Crippen LogP contribution is -2.25. The zero-order valence-electron chi connectivity index (χ0n) is 8.26. The summed E-state index contributed by atoms with van der Waals surface area (Å²) in [6.07, 6.45) is 14.0. The summed E-state index contributed by atoms with van der Waals surface area (Å²) in [5.74, 6) is 0. The third-order valence-corrected chi connectivity index (χ3v) is 7.31. The van der Waals surface area contributed by atoms with E-state index in [4.69, 9.17) is 0 Å². The topological polar surface area (TPSA) is 3.24 Å². The van der Waals surface area contributed by atoms with Crippen molar-refractivity contribution in [3.05, 3.63) is 0 Å². The van der Waals surface area contributed by atoms with Crippen LogP contribution in [-0.4, -0.2) is 49.1 Å². The molecule has 10 heavy (non-hydrogen) atoms. The Balaban J connectivity index is 4.23. The minimum Gasteiger partial charge on any atom is -0.280 e. The highest BCUT2D eigenvalue weighted by molar-refractivity contribution is 8.44. The van der Waals surface area contributed by atoms with Crippen LogP contribution >= 0.6 is 20.4 Å². The molecule has 0 bridgehead atoms. The largest absolute Gasteiger partial charge is 0.280 e. The van der Waals surface area contributed by atoms with Crippen LogP contribution in [0.2, 0.25) is 0 Å². The lowest BCUT2D eigenvalue weighted by Gasteiger charge is -2.49. The summed E-state index contributed by atoms with van der Waals surface area (Å²) in [4.78, 5) is 0. The van der Waals surface area contributed by atoms with Gasteiger partial charge >= 0.3 is 0 Å². The summed E-state index contributed by atoms with van der Waals surface area (Å²) in [6, 6.07) is 0. The molecule has 0 aliphatic heterocycles. The fraction of sp³-hybridized carbons (Fsp3) is 1.00. The van der Waals surface area contributed by atoms with Gasteiger partial charge in [0, 0.05) is 0 Å². The second kappa shape index (κ2) is 2.99. The van der Waals surface area contributed by atoms with E-state index in [1.165, 1.54) is 0 Å². The molecule has 4 heteroatoms. The molecule has 0 aromatic rings. The Kier molecular flexibility index (Phi) is 3.21. The van der Waals surface area contributed by atoms with Crippen LogP contribution in [0.15, 0.2) is 0 Å². The summed E-state index contributed by atoms with van der Waals surface area (Å²) in [5, 5.41) is 0. The number of rotatable bonds is 2. The van der Waals surface area contributed by atoms with Crippen LogP contribution in [0, 0.1) is 0 Å². The molecule has 1 nitrogen and oxygen atoms in total. The van der Waals surface area contributed by atoms with Crippen LogP contribution in [0.25, 0.3) is 0 Å². The van der Waals surface area contributed by atoms with Crippen molar-refractivity contribution in [3.8, 4) is 0 Å². The van der Waals surface area contributed by atoms with Gasteiger partial charge in [-0.3, -0.25) is 3.62 Å². The molecule has 0 unspecified atom stereocenters. The molecule has 0 heterocycles. The van der Waals surface area contributed by atoms with E-state index in [0.717, 1.165) is 0 Å². The van der Waals surface area contributed by atoms with Crippen LogP contribution in [0.3, 0.4) is 0 Å². The summed E-state index contributed by atoms with van der Waals surface area (Å²) >= 11 is 0. The first-order chi connectivity index (χ1) is 4.15. The summed E-state index contributed by atoms with van der Waals surface area (Å²) in [6.45, 7) is 0. The molecule has 0 atom stereocenters. The molecule has 0 fully saturated rings. The molecule has 0 aliphatic rings. The molecule has 0 aromatic carbocycles. The van der Waals surface area contributed by atoms with Gasteiger partial charge in [-0.1, -0.05) is 0 Å². The fourth-order valence-electron chi connectivity index (χ4n) is 0.671. The maximum Gasteiger partial charge on any atom is 0.211 e. The van der Waals surface area contributed by atoms with Crippen molar-refractivity contribution in [2.45, 2.75) is 0 Å². The van der Waals surface area contributed by atoms with Gasteiger partial charge in [0.2, 0.25) is 7.98 Å². The van der Waals surface area contributed by atoms with Gasteiger partial charge in [0.25, 0.3) is 0 Å². The monoisotopic (exact) mass is 181 g/mol. The van der Waals surface area contributed by atoms with E-state index in [9.17, 15) is 0 Å². The number of hydrogen-bond donors (Lipinski definition) is 0. The minimum atomic E-state index is -0.490. The average molecular weight is 181 g/mol. The van der Waals surface area contributed by atoms with Crippen molar-refractivity contribution in [3.63, 3.8) is 0 Å². The van der Waals surface area contributed by atoms with Crippen molar-refractivity contribution < 1.29 is 0 Å². The molecule has 0 saturated heterocycles. The first kappa shape index (κ1) is 10.7. The zero-order chi connectivity index (χ0) is 8.58. The first-order valence-corrected chi connectivity index (χ1v) is 8.89. The Labute approximate surface area is 69.9 Å². The van der Waals surface area contributed by atoms with E-state index in [0.29, 0.717) is 0 Å². The predicted molar refractivity (Wildman–Crippen MR) is 61.1 cm³/mol. The van der Waals surface area contributed by atoms with E-state index >= 15 is 0 Å². The third-order valence-electron chi connectivity index (χ3n) is 1.54. The normalized spacial score (nSPS) is 17.5. The molecular formula is C6H20BNS2. The van der Waals surface area contributed by atoms with E-state index in [1.54, 1.807) is 0 Å². The van der Waals surface area contributed by atoms with Crippen molar-refractivity contribution in [2.24, 2.45) is 0 Å². The van der Waals surface area contributed by atoms with Gasteiger partial charge in [0.15, 0.2) is 0 Å². The van der Waals surface area contributed by atoms with Gasteiger partial charge in [-0.05, 0) is 37.5 Å². The van der Waals surface area contributed by atoms with Crippen LogP contribution in [0.1, 0.15) is 0 Å². The molecule has 0 saturated carbocycles. The SMILES string of the molecule is BN(S(C)(C)C)S(C)(C)C. The molecule has 64 valence electrons. The summed E-state index contributed by atoms with van der Waals surface area (Å²) in [5.41, 5.74) is 0. The Morgan fingerprint density at radius 1 is 0.800 bits per heavy atom. The zero-order valence-corrected chi connectivity index (χ0v) is 9.90. The van der Waals surface area contributed by atoms with Gasteiger partial charge in [-0.2, -0.15) is 20.4 Å². The molecule has 0 aliphatic carbocycles. The quantitative estimate of drug-likeness (QED) is 0.576. The van der Waals surface area contributed by atoms with Crippen molar-refractivity contribution in [2.75, 3.05) is 37.5 Å². The highest BCUT2D eigenvalue weighted by atomic mass is 32.3. The maximum absolute atomic E-state index is 2.54. The van der Waals surface area contributed by atoms with Crippen molar-refractivity contribution in [1.29, 1.82) is 0 Å². The molecule has 0 amide bonds. The second-order valence-corrected chi connectivity index (χ2v) is 12.4. The highest BCUT2D eigenvalue weighted by Crippen LogP contribution is 2.54. The maximum atomic E-state index is 2.54. The molecular weight excluding hydrogens is 161 g/mol. The fourth-order valence-corrected chi connectivity index (χ4v) is 6.04. The van der Waals surface area contributed by atoms with Gasteiger partial charge < -0.3 is 0 Å². The van der Waals surface area contributed by atoms with Gasteiger partial charge in [-0.25, -0.2) is 0 Å². The average Bonchev–Trinajstić information content (AvgIpc) is 1.59. The highest BCUT2D eigenvalue weighted by Gasteiger charge is 2.19. The van der Waals surface area contributed by atoms with Gasteiger partial charge in [0.1, 0.15) is 0 Å². The number of nitrogens with zero attached hydrogens (tertiary/aromatic N) is 1. The molecule has 0 radical (unpaired) electrons. The smallest absolute Gasteiger partial charge is 0.211 e. The van der Waals surface area contributed by atoms with Crippen LogP contribution in [0.5, 0.6) is 0 Å². The Bertz CT molecular complexity index is 99.9. The van der Waals surface area contributed by atoms with E-state index in [-0.39, 0.29) is 0 Å². The Morgan fingerprint density at radius 3 is 1.00 bits per heavy atom. The Morgan fingerprint density at radius 2 is 1.00 bits per heavy atom. The second-order valence-electron chi connectivity index (χ2n) is 3.98. The third kappa shape index (κ3) is 3.22. The van der Waals surface area contributed by atoms with Crippen LogP contribution in [0.4, 0.5) is 0 Å². The Hall–Kier alpha value is 0.725. The van der Waals surface area contributed by atoms with Gasteiger partial charge in [0.05, 0.1) is 0 Å². The van der Waals surface area contributed by atoms with Crippen LogP contribution in [-0.2, 0) is 0 Å². The molecule has 0 N–H and O–H groups in total. The lowest BCUT2D eigenvalue weighted by molar-refractivity contribution is 1.18. The van der Waals surface area contributed by atoms with Crippen molar-refractivity contribution in [1.82, 2.24) is 3.62 Å². The number of hydrogen-bond acceptors (Lipinski definition) is 1. The van der Waals surface area contributed by atoms with E-state index in [1.807, 2.05) is 0 Å². The molecule has 0 spiro atoms. The molecule has 0 rings (SSSR count). The lowest BCUT2D eigenvalue weighted by atomic mass is 10.5. The van der Waals surface area contributed by atoms with E-state index in [2.05, 4.69) is 49.1 Å².